The van der Waals surface area contributed by atoms with E-state index in [1.807, 2.05) is 6.07 Å². The van der Waals surface area contributed by atoms with Crippen LogP contribution < -0.4 is 5.56 Å². The molecule has 1 amide bonds. The van der Waals surface area contributed by atoms with Gasteiger partial charge in [-0.3, -0.25) is 4.79 Å². The Balaban J connectivity index is 1.42. The van der Waals surface area contributed by atoms with Crippen molar-refractivity contribution in [2.24, 2.45) is 0 Å². The smallest absolute Gasteiger partial charge is 0.409 e. The molecule has 0 bridgehead atoms. The summed E-state index contributed by atoms with van der Waals surface area (Å²) in [7, 11) is 1.42. The number of nitrogens with one attached hydrogen (secondary N) is 1. The van der Waals surface area contributed by atoms with Crippen LogP contribution in [-0.4, -0.2) is 48.4 Å². The van der Waals surface area contributed by atoms with Crippen molar-refractivity contribution in [1.29, 1.82) is 0 Å². The minimum atomic E-state index is -0.329. The van der Waals surface area contributed by atoms with Gasteiger partial charge in [-0.25, -0.2) is 4.79 Å². The number of ether oxygens (including phenoxy) is 2. The summed E-state index contributed by atoms with van der Waals surface area (Å²) < 4.78 is 11.4. The van der Waals surface area contributed by atoms with Gasteiger partial charge >= 0.3 is 6.09 Å². The molecule has 2 atom stereocenters. The number of pyridine rings is 1. The normalized spacial score (nSPS) is 26.4. The quantitative estimate of drug-likeness (QED) is 0.771. The van der Waals surface area contributed by atoms with Crippen molar-refractivity contribution in [1.82, 2.24) is 9.88 Å². The number of benzene rings is 1. The molecule has 1 N–H and O–H groups in total. The van der Waals surface area contributed by atoms with Gasteiger partial charge in [0, 0.05) is 24.2 Å². The van der Waals surface area contributed by atoms with Crippen LogP contribution in [-0.2, 0) is 9.47 Å². The highest BCUT2D eigenvalue weighted by molar-refractivity contribution is 5.68. The molecule has 0 spiro atoms. The maximum absolute atomic E-state index is 12.4. The summed E-state index contributed by atoms with van der Waals surface area (Å²) in [4.78, 5) is 29.0. The van der Waals surface area contributed by atoms with Crippen LogP contribution in [0.25, 0.3) is 0 Å². The van der Waals surface area contributed by atoms with E-state index in [4.69, 9.17) is 9.47 Å². The standard InChI is InChI=1S/C25H32N2O4/c1-30-25(29)27-16-6-9-21(22-10-5-11-24(28)26-22)23(27)17-31-20-14-12-19(13-15-20)18-7-3-2-4-8-18/h2-5,7-8,10-11,19-21,23H,6,9,12-17H2,1H3,(H,26,28)/t19?,20?,21-,23+/m1/s1. The first-order chi connectivity index (χ1) is 15.2. The number of methoxy groups -OCH3 is 1. The van der Waals surface area contributed by atoms with Crippen molar-refractivity contribution >= 4 is 6.09 Å². The van der Waals surface area contributed by atoms with Gasteiger partial charge in [-0.2, -0.15) is 0 Å². The van der Waals surface area contributed by atoms with Crippen molar-refractivity contribution in [2.75, 3.05) is 20.3 Å². The van der Waals surface area contributed by atoms with Crippen molar-refractivity contribution in [3.05, 3.63) is 70.1 Å². The molecule has 1 saturated heterocycles. The minimum Gasteiger partial charge on any atom is -0.453 e. The van der Waals surface area contributed by atoms with Crippen molar-refractivity contribution in [2.45, 2.75) is 62.5 Å². The number of H-pyrrole nitrogens is 1. The third-order valence-corrected chi connectivity index (χ3v) is 6.83. The molecule has 1 saturated carbocycles. The van der Waals surface area contributed by atoms with Gasteiger partial charge in [0.05, 0.1) is 25.9 Å². The molecule has 0 radical (unpaired) electrons. The molecule has 1 aliphatic carbocycles. The van der Waals surface area contributed by atoms with Crippen LogP contribution in [0.3, 0.4) is 0 Å². The monoisotopic (exact) mass is 424 g/mol. The first kappa shape index (κ1) is 21.6. The van der Waals surface area contributed by atoms with Crippen LogP contribution in [0.15, 0.2) is 53.3 Å². The van der Waals surface area contributed by atoms with E-state index in [0.29, 0.717) is 19.1 Å². The molecule has 166 valence electrons. The van der Waals surface area contributed by atoms with Gasteiger partial charge in [-0.05, 0) is 56.1 Å². The van der Waals surface area contributed by atoms with Gasteiger partial charge in [-0.15, -0.1) is 0 Å². The van der Waals surface area contributed by atoms with Gasteiger partial charge in [0.25, 0.3) is 0 Å². The molecular weight excluding hydrogens is 392 g/mol. The molecule has 2 aliphatic rings. The molecule has 0 unspecified atom stereocenters. The number of hydrogen-bond donors (Lipinski definition) is 1. The topological polar surface area (TPSA) is 71.6 Å². The number of aromatic amines is 1. The zero-order valence-corrected chi connectivity index (χ0v) is 18.2. The zero-order valence-electron chi connectivity index (χ0n) is 18.2. The SMILES string of the molecule is COC(=O)N1CCC[C@H](c2cccc(=O)[nH]2)[C@@H]1COC1CCC(c2ccccc2)CC1. The Kier molecular flexibility index (Phi) is 7.07. The van der Waals surface area contributed by atoms with Crippen molar-refractivity contribution in [3.63, 3.8) is 0 Å². The van der Waals surface area contributed by atoms with Gasteiger partial charge < -0.3 is 19.4 Å². The largest absolute Gasteiger partial charge is 0.453 e. The van der Waals surface area contributed by atoms with Gasteiger partial charge in [0.2, 0.25) is 5.56 Å². The maximum atomic E-state index is 12.4. The molecule has 6 nitrogen and oxygen atoms in total. The number of nitrogens with zero attached hydrogens (tertiary/aromatic N) is 1. The molecule has 2 heterocycles. The Hall–Kier alpha value is -2.60. The number of aromatic nitrogens is 1. The van der Waals surface area contributed by atoms with E-state index in [2.05, 4.69) is 35.3 Å². The highest BCUT2D eigenvalue weighted by Crippen LogP contribution is 2.36. The molecule has 1 aromatic carbocycles. The summed E-state index contributed by atoms with van der Waals surface area (Å²) in [6.45, 7) is 1.10. The second-order valence-electron chi connectivity index (χ2n) is 8.67. The zero-order chi connectivity index (χ0) is 21.6. The molecule has 1 aliphatic heterocycles. The van der Waals surface area contributed by atoms with Crippen LogP contribution in [0.2, 0.25) is 0 Å². The predicted molar refractivity (Wildman–Crippen MR) is 119 cm³/mol. The summed E-state index contributed by atoms with van der Waals surface area (Å²) in [6, 6.07) is 15.8. The number of amides is 1. The Labute approximate surface area is 183 Å². The van der Waals surface area contributed by atoms with Gasteiger partial charge in [-0.1, -0.05) is 36.4 Å². The van der Waals surface area contributed by atoms with E-state index < -0.39 is 0 Å². The summed E-state index contributed by atoms with van der Waals surface area (Å²) >= 11 is 0. The Morgan fingerprint density at radius 1 is 1.03 bits per heavy atom. The molecule has 6 heteroatoms. The highest BCUT2D eigenvalue weighted by atomic mass is 16.5. The van der Waals surface area contributed by atoms with Crippen LogP contribution in [0.4, 0.5) is 4.79 Å². The van der Waals surface area contributed by atoms with E-state index in [-0.39, 0.29) is 29.7 Å². The average Bonchev–Trinajstić information content (AvgIpc) is 2.83. The third kappa shape index (κ3) is 5.18. The minimum absolute atomic E-state index is 0.0300. The number of hydrogen-bond acceptors (Lipinski definition) is 4. The Morgan fingerprint density at radius 3 is 2.52 bits per heavy atom. The summed E-state index contributed by atoms with van der Waals surface area (Å²) in [6.07, 6.45) is 5.94. The number of piperidine rings is 1. The first-order valence-electron chi connectivity index (χ1n) is 11.4. The number of carbonyl (C=O) groups excluding carboxylic acids is 1. The summed E-state index contributed by atoms with van der Waals surface area (Å²) in [5.74, 6) is 0.631. The number of carbonyl (C=O) groups is 1. The summed E-state index contributed by atoms with van der Waals surface area (Å²) in [5, 5.41) is 0. The fourth-order valence-corrected chi connectivity index (χ4v) is 5.17. The van der Waals surface area contributed by atoms with Crippen molar-refractivity contribution in [3.8, 4) is 0 Å². The highest BCUT2D eigenvalue weighted by Gasteiger charge is 2.37. The molecule has 1 aromatic heterocycles. The number of likely N-dealkylation sites (tertiary alicyclic amines) is 1. The van der Waals surface area contributed by atoms with E-state index in [1.165, 1.54) is 18.7 Å². The van der Waals surface area contributed by atoms with Gasteiger partial charge in [0.1, 0.15) is 0 Å². The average molecular weight is 425 g/mol. The van der Waals surface area contributed by atoms with E-state index in [9.17, 15) is 9.59 Å². The predicted octanol–water partition coefficient (Wildman–Crippen LogP) is 4.43. The fourth-order valence-electron chi connectivity index (χ4n) is 5.17. The molecule has 31 heavy (non-hydrogen) atoms. The van der Waals surface area contributed by atoms with Crippen LogP contribution >= 0.6 is 0 Å². The molecule has 2 aromatic rings. The van der Waals surface area contributed by atoms with Crippen LogP contribution in [0.5, 0.6) is 0 Å². The third-order valence-electron chi connectivity index (χ3n) is 6.83. The summed E-state index contributed by atoms with van der Waals surface area (Å²) in [5.41, 5.74) is 2.16. The second kappa shape index (κ2) is 10.1. The van der Waals surface area contributed by atoms with E-state index >= 15 is 0 Å². The molecular formula is C25H32N2O4. The fraction of sp³-hybridized carbons (Fsp3) is 0.520. The van der Waals surface area contributed by atoms with Gasteiger partial charge in [0.15, 0.2) is 0 Å². The number of rotatable bonds is 5. The first-order valence-corrected chi connectivity index (χ1v) is 11.4. The Bertz CT molecular complexity index is 905. The van der Waals surface area contributed by atoms with E-state index in [1.54, 1.807) is 11.0 Å². The second-order valence-corrected chi connectivity index (χ2v) is 8.67. The maximum Gasteiger partial charge on any atom is 0.409 e. The lowest BCUT2D eigenvalue weighted by Gasteiger charge is -2.41. The van der Waals surface area contributed by atoms with Crippen LogP contribution in [0, 0.1) is 0 Å². The van der Waals surface area contributed by atoms with Crippen molar-refractivity contribution < 1.29 is 14.3 Å². The van der Waals surface area contributed by atoms with Crippen LogP contribution in [0.1, 0.15) is 61.6 Å². The van der Waals surface area contributed by atoms with E-state index in [0.717, 1.165) is 44.2 Å². The lowest BCUT2D eigenvalue weighted by Crippen LogP contribution is -2.50. The molecule has 4 rings (SSSR count). The molecule has 2 fully saturated rings. The lowest BCUT2D eigenvalue weighted by molar-refractivity contribution is -0.0242. The lowest BCUT2D eigenvalue weighted by atomic mass is 9.82. The Morgan fingerprint density at radius 2 is 1.81 bits per heavy atom.